The Hall–Kier alpha value is -2.25. The van der Waals surface area contributed by atoms with Crippen LogP contribution in [-0.2, 0) is 28.9 Å². The first-order valence-corrected chi connectivity index (χ1v) is 11.2. The van der Waals surface area contributed by atoms with E-state index in [0.717, 1.165) is 29.7 Å². The van der Waals surface area contributed by atoms with Crippen LogP contribution in [0.25, 0.3) is 0 Å². The molecule has 1 aliphatic rings. The van der Waals surface area contributed by atoms with Gasteiger partial charge in [-0.25, -0.2) is 9.18 Å². The molecule has 162 valence electrons. The summed E-state index contributed by atoms with van der Waals surface area (Å²) in [6.07, 6.45) is 2.75. The number of rotatable bonds is 7. The van der Waals surface area contributed by atoms with E-state index in [-0.39, 0.29) is 24.3 Å². The Kier molecular flexibility index (Phi) is 7.26. The first kappa shape index (κ1) is 22.4. The second-order valence-corrected chi connectivity index (χ2v) is 9.05. The van der Waals surface area contributed by atoms with E-state index in [1.807, 2.05) is 0 Å². The molecule has 2 atom stereocenters. The molecule has 1 aliphatic carbocycles. The van der Waals surface area contributed by atoms with Crippen molar-refractivity contribution < 1.29 is 18.7 Å². The number of ether oxygens (including phenoxy) is 1. The van der Waals surface area contributed by atoms with E-state index in [1.54, 1.807) is 44.0 Å². The lowest BCUT2D eigenvalue weighted by Gasteiger charge is -2.24. The summed E-state index contributed by atoms with van der Waals surface area (Å²) in [7, 11) is 1.78. The zero-order valence-corrected chi connectivity index (χ0v) is 18.8. The average Bonchev–Trinajstić information content (AvgIpc) is 3.05. The van der Waals surface area contributed by atoms with Crippen LogP contribution in [0.4, 0.5) is 9.39 Å². The van der Waals surface area contributed by atoms with Crippen molar-refractivity contribution in [3.8, 4) is 0 Å². The van der Waals surface area contributed by atoms with Crippen molar-refractivity contribution in [3.63, 3.8) is 0 Å². The lowest BCUT2D eigenvalue weighted by molar-refractivity contribution is -0.120. The highest BCUT2D eigenvalue weighted by Gasteiger charge is 2.30. The fourth-order valence-electron chi connectivity index (χ4n) is 3.71. The van der Waals surface area contributed by atoms with Gasteiger partial charge in [-0.15, -0.1) is 11.3 Å². The summed E-state index contributed by atoms with van der Waals surface area (Å²) in [5.41, 5.74) is 2.05. The van der Waals surface area contributed by atoms with E-state index in [2.05, 4.69) is 12.2 Å². The van der Waals surface area contributed by atoms with Gasteiger partial charge in [0, 0.05) is 17.0 Å². The monoisotopic (exact) mass is 432 g/mol. The maximum absolute atomic E-state index is 14.0. The second-order valence-electron chi connectivity index (χ2n) is 7.95. The summed E-state index contributed by atoms with van der Waals surface area (Å²) in [6.45, 7) is 6.34. The number of fused-ring (bicyclic) bond motifs is 1. The fourth-order valence-corrected chi connectivity index (χ4v) is 5.11. The number of halogens is 1. The van der Waals surface area contributed by atoms with E-state index in [9.17, 15) is 14.0 Å². The normalized spacial score (nSPS) is 16.8. The highest BCUT2D eigenvalue weighted by Crippen LogP contribution is 2.40. The minimum absolute atomic E-state index is 0.231. The van der Waals surface area contributed by atoms with Crippen LogP contribution in [0.3, 0.4) is 0 Å². The SMILES string of the molecule is CCOC(=O)c1c(NC(=O)C(C)N(C)Cc2ccccc2F)sc2c1CCC(C)C2. The molecule has 1 amide bonds. The maximum Gasteiger partial charge on any atom is 0.341 e. The van der Waals surface area contributed by atoms with Gasteiger partial charge in [0.15, 0.2) is 0 Å². The van der Waals surface area contributed by atoms with Crippen molar-refractivity contribution in [1.82, 2.24) is 4.90 Å². The topological polar surface area (TPSA) is 58.6 Å². The van der Waals surface area contributed by atoms with Crippen LogP contribution in [0.2, 0.25) is 0 Å². The molecule has 1 aromatic heterocycles. The van der Waals surface area contributed by atoms with Crippen molar-refractivity contribution in [2.45, 2.75) is 52.6 Å². The Morgan fingerprint density at radius 2 is 2.10 bits per heavy atom. The molecule has 5 nitrogen and oxygen atoms in total. The summed E-state index contributed by atoms with van der Waals surface area (Å²) < 4.78 is 19.2. The van der Waals surface area contributed by atoms with Crippen molar-refractivity contribution >= 4 is 28.2 Å². The maximum atomic E-state index is 14.0. The first-order chi connectivity index (χ1) is 14.3. The Labute approximate surface area is 181 Å². The molecule has 0 aliphatic heterocycles. The lowest BCUT2D eigenvalue weighted by atomic mass is 9.88. The number of likely N-dealkylation sites (N-methyl/N-ethyl adjacent to an activating group) is 1. The molecular formula is C23H29FN2O3S. The van der Waals surface area contributed by atoms with Gasteiger partial charge in [-0.3, -0.25) is 9.69 Å². The highest BCUT2D eigenvalue weighted by molar-refractivity contribution is 7.17. The Morgan fingerprint density at radius 3 is 2.80 bits per heavy atom. The first-order valence-electron chi connectivity index (χ1n) is 10.4. The number of nitrogens with zero attached hydrogens (tertiary/aromatic N) is 1. The lowest BCUT2D eigenvalue weighted by Crippen LogP contribution is -2.39. The van der Waals surface area contributed by atoms with Crippen LogP contribution in [0, 0.1) is 11.7 Å². The third-order valence-electron chi connectivity index (χ3n) is 5.65. The third kappa shape index (κ3) is 4.90. The predicted molar refractivity (Wildman–Crippen MR) is 117 cm³/mol. The minimum atomic E-state index is -0.502. The molecule has 0 radical (unpaired) electrons. The summed E-state index contributed by atoms with van der Waals surface area (Å²) in [5, 5.41) is 3.51. The van der Waals surface area contributed by atoms with Gasteiger partial charge >= 0.3 is 5.97 Å². The van der Waals surface area contributed by atoms with Gasteiger partial charge in [0.2, 0.25) is 5.91 Å². The quantitative estimate of drug-likeness (QED) is 0.647. The smallest absolute Gasteiger partial charge is 0.341 e. The number of anilines is 1. The van der Waals surface area contributed by atoms with Crippen LogP contribution in [0.15, 0.2) is 24.3 Å². The van der Waals surface area contributed by atoms with E-state index >= 15 is 0 Å². The Morgan fingerprint density at radius 1 is 1.37 bits per heavy atom. The second kappa shape index (κ2) is 9.71. The van der Waals surface area contributed by atoms with Gasteiger partial charge in [0.1, 0.15) is 10.8 Å². The number of amides is 1. The standard InChI is InChI=1S/C23H29FN2O3S/c1-5-29-23(28)20-17-11-10-14(2)12-19(17)30-22(20)25-21(27)15(3)26(4)13-16-8-6-7-9-18(16)24/h6-9,14-15H,5,10-13H2,1-4H3,(H,25,27). The van der Waals surface area contributed by atoms with Crippen molar-refractivity contribution in [2.24, 2.45) is 5.92 Å². The van der Waals surface area contributed by atoms with Crippen LogP contribution < -0.4 is 5.32 Å². The zero-order valence-electron chi connectivity index (χ0n) is 18.0. The van der Waals surface area contributed by atoms with Crippen LogP contribution in [-0.4, -0.2) is 36.5 Å². The van der Waals surface area contributed by atoms with Gasteiger partial charge in [-0.1, -0.05) is 25.1 Å². The Balaban J connectivity index is 1.78. The average molecular weight is 433 g/mol. The molecule has 1 heterocycles. The van der Waals surface area contributed by atoms with E-state index in [0.29, 0.717) is 28.6 Å². The van der Waals surface area contributed by atoms with Gasteiger partial charge in [0.05, 0.1) is 18.2 Å². The van der Waals surface area contributed by atoms with Crippen molar-refractivity contribution in [2.75, 3.05) is 19.0 Å². The number of carbonyl (C=O) groups is 2. The fraction of sp³-hybridized carbons (Fsp3) is 0.478. The number of hydrogen-bond donors (Lipinski definition) is 1. The molecule has 0 saturated heterocycles. The molecule has 30 heavy (non-hydrogen) atoms. The number of carbonyl (C=O) groups excluding carboxylic acids is 2. The van der Waals surface area contributed by atoms with E-state index in [4.69, 9.17) is 4.74 Å². The van der Waals surface area contributed by atoms with Crippen LogP contribution >= 0.6 is 11.3 Å². The van der Waals surface area contributed by atoms with Crippen LogP contribution in [0.1, 0.15) is 53.6 Å². The van der Waals surface area contributed by atoms with Gasteiger partial charge in [0.25, 0.3) is 0 Å². The highest BCUT2D eigenvalue weighted by atomic mass is 32.1. The van der Waals surface area contributed by atoms with Crippen molar-refractivity contribution in [1.29, 1.82) is 0 Å². The number of nitrogens with one attached hydrogen (secondary N) is 1. The number of benzene rings is 1. The minimum Gasteiger partial charge on any atom is -0.462 e. The zero-order chi connectivity index (χ0) is 21.8. The molecule has 7 heteroatoms. The molecule has 0 saturated carbocycles. The molecule has 0 bridgehead atoms. The number of esters is 1. The summed E-state index contributed by atoms with van der Waals surface area (Å²) >= 11 is 1.47. The van der Waals surface area contributed by atoms with Crippen LogP contribution in [0.5, 0.6) is 0 Å². The largest absolute Gasteiger partial charge is 0.462 e. The van der Waals surface area contributed by atoms with Crippen molar-refractivity contribution in [3.05, 3.63) is 51.7 Å². The summed E-state index contributed by atoms with van der Waals surface area (Å²) in [5.74, 6) is -0.347. The third-order valence-corrected chi connectivity index (χ3v) is 6.82. The number of thiophene rings is 1. The molecular weight excluding hydrogens is 403 g/mol. The van der Waals surface area contributed by atoms with E-state index in [1.165, 1.54) is 17.4 Å². The van der Waals surface area contributed by atoms with E-state index < -0.39 is 6.04 Å². The van der Waals surface area contributed by atoms with Gasteiger partial charge < -0.3 is 10.1 Å². The molecule has 0 fully saturated rings. The summed E-state index contributed by atoms with van der Waals surface area (Å²) in [6, 6.07) is 6.05. The molecule has 1 aromatic carbocycles. The van der Waals surface area contributed by atoms with Gasteiger partial charge in [-0.05, 0) is 57.7 Å². The molecule has 3 rings (SSSR count). The molecule has 1 N–H and O–H groups in total. The summed E-state index contributed by atoms with van der Waals surface area (Å²) in [4.78, 5) is 28.5. The number of hydrogen-bond acceptors (Lipinski definition) is 5. The molecule has 2 aromatic rings. The van der Waals surface area contributed by atoms with Gasteiger partial charge in [-0.2, -0.15) is 0 Å². The Bertz CT molecular complexity index is 927. The predicted octanol–water partition coefficient (Wildman–Crippen LogP) is 4.65. The molecule has 0 spiro atoms. The molecule has 2 unspecified atom stereocenters.